The van der Waals surface area contributed by atoms with E-state index in [1.165, 1.54) is 13.2 Å². The van der Waals surface area contributed by atoms with E-state index in [0.717, 1.165) is 11.3 Å². The van der Waals surface area contributed by atoms with E-state index < -0.39 is 16.0 Å². The van der Waals surface area contributed by atoms with Crippen molar-refractivity contribution in [1.29, 1.82) is 0 Å². The lowest BCUT2D eigenvalue weighted by molar-refractivity contribution is 0.0701. The molecule has 6 nitrogen and oxygen atoms in total. The van der Waals surface area contributed by atoms with E-state index in [4.69, 9.17) is 9.84 Å². The van der Waals surface area contributed by atoms with Gasteiger partial charge in [0.15, 0.2) is 0 Å². The molecule has 0 fully saturated rings. The first-order valence-electron chi connectivity index (χ1n) is 4.71. The zero-order valence-electron chi connectivity index (χ0n) is 9.39. The first kappa shape index (κ1) is 14.1. The number of nitrogens with one attached hydrogen (secondary N) is 1. The van der Waals surface area contributed by atoms with Crippen LogP contribution < -0.4 is 4.72 Å². The van der Waals surface area contributed by atoms with Crippen LogP contribution in [0.15, 0.2) is 10.3 Å². The van der Waals surface area contributed by atoms with Gasteiger partial charge in [0, 0.05) is 13.7 Å². The monoisotopic (exact) mass is 279 g/mol. The lowest BCUT2D eigenvalue weighted by atomic mass is 10.3. The van der Waals surface area contributed by atoms with Crippen LogP contribution in [0.4, 0.5) is 0 Å². The minimum atomic E-state index is -3.64. The Hall–Kier alpha value is -0.960. The Morgan fingerprint density at radius 1 is 1.59 bits per heavy atom. The number of hydrogen-bond acceptors (Lipinski definition) is 5. The Morgan fingerprint density at radius 3 is 2.71 bits per heavy atom. The highest BCUT2D eigenvalue weighted by Gasteiger charge is 2.21. The Bertz CT molecular complexity index is 505. The summed E-state index contributed by atoms with van der Waals surface area (Å²) in [5.74, 6) is -1.12. The molecule has 1 aromatic rings. The van der Waals surface area contributed by atoms with Crippen LogP contribution in [0.2, 0.25) is 0 Å². The fraction of sp³-hybridized carbons (Fsp3) is 0.444. The zero-order chi connectivity index (χ0) is 13.1. The van der Waals surface area contributed by atoms with E-state index in [1.54, 1.807) is 6.92 Å². The molecular formula is C9H13NO5S2. The lowest BCUT2D eigenvalue weighted by Gasteiger charge is -2.02. The van der Waals surface area contributed by atoms with E-state index in [1.807, 2.05) is 0 Å². The van der Waals surface area contributed by atoms with Crippen LogP contribution in [0, 0.1) is 6.92 Å². The maximum absolute atomic E-state index is 11.7. The lowest BCUT2D eigenvalue weighted by Crippen LogP contribution is -2.26. The molecule has 0 spiro atoms. The fourth-order valence-electron chi connectivity index (χ4n) is 1.15. The first-order valence-corrected chi connectivity index (χ1v) is 7.01. The Labute approximate surface area is 103 Å². The molecule has 0 aliphatic rings. The predicted octanol–water partition coefficient (Wildman–Crippen LogP) is 0.679. The molecular weight excluding hydrogens is 266 g/mol. The van der Waals surface area contributed by atoms with Crippen molar-refractivity contribution in [2.75, 3.05) is 20.3 Å². The number of sulfonamides is 1. The SMILES string of the molecule is COCCNS(=O)(=O)c1cc(C)c(C(=O)O)s1. The van der Waals surface area contributed by atoms with Crippen LogP contribution in [-0.2, 0) is 14.8 Å². The van der Waals surface area contributed by atoms with Crippen LogP contribution >= 0.6 is 11.3 Å². The average Bonchev–Trinajstić information content (AvgIpc) is 2.61. The summed E-state index contributed by atoms with van der Waals surface area (Å²) >= 11 is 0.742. The van der Waals surface area contributed by atoms with Gasteiger partial charge in [-0.05, 0) is 18.6 Å². The van der Waals surface area contributed by atoms with Crippen LogP contribution in [0.25, 0.3) is 0 Å². The largest absolute Gasteiger partial charge is 0.477 e. The number of thiophene rings is 1. The van der Waals surface area contributed by atoms with E-state index in [9.17, 15) is 13.2 Å². The molecule has 1 rings (SSSR count). The third kappa shape index (κ3) is 3.50. The molecule has 1 heterocycles. The van der Waals surface area contributed by atoms with Crippen LogP contribution in [0.1, 0.15) is 15.2 Å². The summed E-state index contributed by atoms with van der Waals surface area (Å²) in [6.45, 7) is 1.97. The van der Waals surface area contributed by atoms with E-state index in [-0.39, 0.29) is 22.2 Å². The third-order valence-electron chi connectivity index (χ3n) is 1.95. The van der Waals surface area contributed by atoms with Crippen molar-refractivity contribution in [3.63, 3.8) is 0 Å². The molecule has 0 amide bonds. The number of carbonyl (C=O) groups is 1. The standard InChI is InChI=1S/C9H13NO5S2/c1-6-5-7(16-8(6)9(11)12)17(13,14)10-3-4-15-2/h5,10H,3-4H2,1-2H3,(H,11,12). The van der Waals surface area contributed by atoms with Gasteiger partial charge < -0.3 is 9.84 Å². The molecule has 8 heteroatoms. The first-order chi connectivity index (χ1) is 7.88. The van der Waals surface area contributed by atoms with Crippen LogP contribution in [0.3, 0.4) is 0 Å². The van der Waals surface area contributed by atoms with Crippen molar-refractivity contribution >= 4 is 27.3 Å². The third-order valence-corrected chi connectivity index (χ3v) is 5.11. The normalized spacial score (nSPS) is 11.6. The van der Waals surface area contributed by atoms with Gasteiger partial charge in [0.2, 0.25) is 10.0 Å². The van der Waals surface area contributed by atoms with Crippen molar-refractivity contribution in [1.82, 2.24) is 4.72 Å². The quantitative estimate of drug-likeness (QED) is 0.747. The second kappa shape index (κ2) is 5.58. The van der Waals surface area contributed by atoms with Crippen molar-refractivity contribution in [2.45, 2.75) is 11.1 Å². The van der Waals surface area contributed by atoms with Gasteiger partial charge in [0.1, 0.15) is 9.09 Å². The van der Waals surface area contributed by atoms with Gasteiger partial charge in [-0.1, -0.05) is 0 Å². The number of hydrogen-bond donors (Lipinski definition) is 2. The summed E-state index contributed by atoms with van der Waals surface area (Å²) in [5, 5.41) is 8.83. The van der Waals surface area contributed by atoms with Crippen LogP contribution in [-0.4, -0.2) is 39.8 Å². The van der Waals surface area contributed by atoms with Crippen molar-refractivity contribution in [2.24, 2.45) is 0 Å². The number of rotatable bonds is 6. The van der Waals surface area contributed by atoms with Crippen molar-refractivity contribution in [3.8, 4) is 0 Å². The van der Waals surface area contributed by atoms with Gasteiger partial charge in [-0.25, -0.2) is 17.9 Å². The summed E-state index contributed by atoms with van der Waals surface area (Å²) in [4.78, 5) is 10.8. The van der Waals surface area contributed by atoms with Gasteiger partial charge in [-0.2, -0.15) is 0 Å². The molecule has 0 saturated carbocycles. The maximum Gasteiger partial charge on any atom is 0.346 e. The topological polar surface area (TPSA) is 92.7 Å². The molecule has 0 saturated heterocycles. The highest BCUT2D eigenvalue weighted by Crippen LogP contribution is 2.25. The molecule has 2 N–H and O–H groups in total. The average molecular weight is 279 g/mol. The summed E-state index contributed by atoms with van der Waals surface area (Å²) < 4.78 is 30.5. The maximum atomic E-state index is 11.7. The van der Waals surface area contributed by atoms with Crippen LogP contribution in [0.5, 0.6) is 0 Å². The Kier molecular flexibility index (Phi) is 4.63. The number of carboxylic acids is 1. The number of aryl methyl sites for hydroxylation is 1. The minimum absolute atomic E-state index is 0.00324. The van der Waals surface area contributed by atoms with Crippen molar-refractivity contribution < 1.29 is 23.1 Å². The second-order valence-electron chi connectivity index (χ2n) is 3.27. The van der Waals surface area contributed by atoms with Gasteiger partial charge in [0.25, 0.3) is 0 Å². The Morgan fingerprint density at radius 2 is 2.24 bits per heavy atom. The predicted molar refractivity (Wildman–Crippen MR) is 63.1 cm³/mol. The van der Waals surface area contributed by atoms with E-state index in [0.29, 0.717) is 5.56 Å². The fourth-order valence-corrected chi connectivity index (χ4v) is 3.58. The molecule has 1 aromatic heterocycles. The Balaban J connectivity index is 2.92. The zero-order valence-corrected chi connectivity index (χ0v) is 11.0. The highest BCUT2D eigenvalue weighted by molar-refractivity contribution is 7.91. The highest BCUT2D eigenvalue weighted by atomic mass is 32.2. The number of ether oxygens (including phenoxy) is 1. The molecule has 0 aliphatic carbocycles. The second-order valence-corrected chi connectivity index (χ2v) is 6.32. The summed E-state index contributed by atoms with van der Waals surface area (Å²) in [6, 6.07) is 1.35. The number of carboxylic acid groups (broad SMARTS) is 1. The van der Waals surface area contributed by atoms with Crippen molar-refractivity contribution in [3.05, 3.63) is 16.5 Å². The molecule has 0 bridgehead atoms. The summed E-state index contributed by atoms with van der Waals surface area (Å²) in [6.07, 6.45) is 0. The molecule has 0 atom stereocenters. The van der Waals surface area contributed by atoms with Gasteiger partial charge in [0.05, 0.1) is 6.61 Å². The molecule has 17 heavy (non-hydrogen) atoms. The van der Waals surface area contributed by atoms with E-state index >= 15 is 0 Å². The molecule has 0 radical (unpaired) electrons. The molecule has 0 aromatic carbocycles. The minimum Gasteiger partial charge on any atom is -0.477 e. The van der Waals surface area contributed by atoms with Gasteiger partial charge in [-0.15, -0.1) is 11.3 Å². The molecule has 96 valence electrons. The number of methoxy groups -OCH3 is 1. The van der Waals surface area contributed by atoms with E-state index in [2.05, 4.69) is 4.72 Å². The summed E-state index contributed by atoms with van der Waals surface area (Å²) in [7, 11) is -2.18. The van der Waals surface area contributed by atoms with Gasteiger partial charge >= 0.3 is 5.97 Å². The molecule has 0 unspecified atom stereocenters. The van der Waals surface area contributed by atoms with Gasteiger partial charge in [-0.3, -0.25) is 0 Å². The number of aromatic carboxylic acids is 1. The summed E-state index contributed by atoms with van der Waals surface area (Å²) in [5.41, 5.74) is 0.439. The molecule has 0 aliphatic heterocycles. The smallest absolute Gasteiger partial charge is 0.346 e.